The second-order valence-electron chi connectivity index (χ2n) is 6.70. The van der Waals surface area contributed by atoms with Crippen molar-refractivity contribution in [2.24, 2.45) is 5.92 Å². The summed E-state index contributed by atoms with van der Waals surface area (Å²) < 4.78 is 12.6. The highest BCUT2D eigenvalue weighted by Gasteiger charge is 2.39. The molecule has 126 valence electrons. The van der Waals surface area contributed by atoms with Gasteiger partial charge in [0.15, 0.2) is 0 Å². The zero-order valence-electron chi connectivity index (χ0n) is 14.0. The molecule has 0 saturated carbocycles. The molecule has 4 heteroatoms. The Kier molecular flexibility index (Phi) is 4.27. The van der Waals surface area contributed by atoms with Gasteiger partial charge < -0.3 is 14.8 Å². The predicted molar refractivity (Wildman–Crippen MR) is 99.7 cm³/mol. The van der Waals surface area contributed by atoms with E-state index in [9.17, 15) is 0 Å². The quantitative estimate of drug-likeness (QED) is 0.747. The van der Waals surface area contributed by atoms with Crippen LogP contribution in [-0.2, 0) is 4.74 Å². The van der Waals surface area contributed by atoms with Gasteiger partial charge in [-0.2, -0.15) is 0 Å². The fraction of sp³-hybridized carbons (Fsp3) is 0.400. The summed E-state index contributed by atoms with van der Waals surface area (Å²) >= 11 is 3.62. The van der Waals surface area contributed by atoms with Crippen LogP contribution in [0.25, 0.3) is 0 Å². The summed E-state index contributed by atoms with van der Waals surface area (Å²) in [6.45, 7) is 3.00. The molecule has 3 nitrogen and oxygen atoms in total. The first-order valence-electron chi connectivity index (χ1n) is 8.49. The van der Waals surface area contributed by atoms with Crippen LogP contribution in [0.1, 0.15) is 41.7 Å². The van der Waals surface area contributed by atoms with Gasteiger partial charge in [0.2, 0.25) is 0 Å². The predicted octanol–water partition coefficient (Wildman–Crippen LogP) is 5.40. The van der Waals surface area contributed by atoms with Crippen LogP contribution in [0, 0.1) is 12.8 Å². The minimum atomic E-state index is 0.181. The molecular weight excluding hydrogens is 366 g/mol. The van der Waals surface area contributed by atoms with E-state index in [-0.39, 0.29) is 12.1 Å². The van der Waals surface area contributed by atoms with E-state index in [0.29, 0.717) is 5.92 Å². The summed E-state index contributed by atoms with van der Waals surface area (Å²) in [5.41, 5.74) is 5.06. The third kappa shape index (κ3) is 2.72. The van der Waals surface area contributed by atoms with E-state index in [1.54, 1.807) is 7.11 Å². The van der Waals surface area contributed by atoms with Gasteiger partial charge in [-0.3, -0.25) is 0 Å². The van der Waals surface area contributed by atoms with Crippen LogP contribution in [0.5, 0.6) is 5.75 Å². The molecule has 0 bridgehead atoms. The monoisotopic (exact) mass is 387 g/mol. The number of fused-ring (bicyclic) bond motifs is 3. The van der Waals surface area contributed by atoms with Crippen LogP contribution in [-0.4, -0.2) is 13.7 Å². The topological polar surface area (TPSA) is 30.5 Å². The van der Waals surface area contributed by atoms with E-state index in [1.165, 1.54) is 28.8 Å². The van der Waals surface area contributed by atoms with Crippen LogP contribution in [0.2, 0.25) is 0 Å². The molecule has 1 fully saturated rings. The normalized spacial score (nSPS) is 25.4. The molecule has 0 radical (unpaired) electrons. The Hall–Kier alpha value is -1.52. The minimum absolute atomic E-state index is 0.181. The average Bonchev–Trinajstić information content (AvgIpc) is 2.61. The van der Waals surface area contributed by atoms with Gasteiger partial charge in [0, 0.05) is 23.8 Å². The summed E-state index contributed by atoms with van der Waals surface area (Å²) in [6.07, 6.45) is 2.48. The summed E-state index contributed by atoms with van der Waals surface area (Å²) in [7, 11) is 1.70. The number of methoxy groups -OCH3 is 1. The molecule has 2 heterocycles. The second-order valence-corrected chi connectivity index (χ2v) is 7.56. The van der Waals surface area contributed by atoms with Crippen molar-refractivity contribution in [2.45, 2.75) is 31.9 Å². The third-order valence-electron chi connectivity index (χ3n) is 5.16. The molecule has 0 spiro atoms. The molecule has 2 aliphatic rings. The smallest absolute Gasteiger partial charge is 0.133 e. The molecule has 2 aromatic rings. The van der Waals surface area contributed by atoms with E-state index in [1.807, 2.05) is 6.07 Å². The SMILES string of the molecule is COc1ccc([C@H]2Nc3ccc(C)cc3[C@H]3OCCC[C@@H]23)cc1Br. The maximum Gasteiger partial charge on any atom is 0.133 e. The van der Waals surface area contributed by atoms with Gasteiger partial charge in [-0.25, -0.2) is 0 Å². The molecule has 2 aromatic carbocycles. The lowest BCUT2D eigenvalue weighted by atomic mass is 9.77. The lowest BCUT2D eigenvalue weighted by molar-refractivity contribution is -0.0381. The van der Waals surface area contributed by atoms with Crippen LogP contribution < -0.4 is 10.1 Å². The number of anilines is 1. The first kappa shape index (κ1) is 16.0. The second kappa shape index (κ2) is 6.41. The summed E-state index contributed by atoms with van der Waals surface area (Å²) in [5.74, 6) is 1.32. The fourth-order valence-electron chi connectivity index (χ4n) is 4.00. The van der Waals surface area contributed by atoms with Crippen molar-refractivity contribution in [3.8, 4) is 5.75 Å². The highest BCUT2D eigenvalue weighted by Crippen LogP contribution is 2.49. The van der Waals surface area contributed by atoms with Gasteiger partial charge in [-0.15, -0.1) is 0 Å². The van der Waals surface area contributed by atoms with Crippen LogP contribution in [0.15, 0.2) is 40.9 Å². The summed E-state index contributed by atoms with van der Waals surface area (Å²) in [4.78, 5) is 0. The lowest BCUT2D eigenvalue weighted by Gasteiger charge is -2.43. The first-order chi connectivity index (χ1) is 11.7. The van der Waals surface area contributed by atoms with Crippen LogP contribution in [0.4, 0.5) is 5.69 Å². The van der Waals surface area contributed by atoms with Crippen molar-refractivity contribution in [1.29, 1.82) is 0 Å². The zero-order valence-corrected chi connectivity index (χ0v) is 15.6. The molecule has 1 N–H and O–H groups in total. The maximum atomic E-state index is 6.21. The van der Waals surface area contributed by atoms with Crippen molar-refractivity contribution in [3.05, 3.63) is 57.6 Å². The molecule has 0 unspecified atom stereocenters. The highest BCUT2D eigenvalue weighted by molar-refractivity contribution is 9.10. The molecule has 0 aromatic heterocycles. The van der Waals surface area contributed by atoms with Crippen molar-refractivity contribution in [2.75, 3.05) is 19.0 Å². The van der Waals surface area contributed by atoms with E-state index >= 15 is 0 Å². The van der Waals surface area contributed by atoms with Gasteiger partial charge in [-0.05, 0) is 59.5 Å². The molecule has 3 atom stereocenters. The Morgan fingerprint density at radius 1 is 1.21 bits per heavy atom. The van der Waals surface area contributed by atoms with E-state index in [4.69, 9.17) is 9.47 Å². The van der Waals surface area contributed by atoms with E-state index < -0.39 is 0 Å². The number of benzene rings is 2. The molecule has 0 amide bonds. The van der Waals surface area contributed by atoms with Crippen LogP contribution in [0.3, 0.4) is 0 Å². The van der Waals surface area contributed by atoms with Gasteiger partial charge in [0.1, 0.15) is 5.75 Å². The standard InChI is InChI=1S/C20H22BrNO2/c1-12-5-7-17-15(10-12)20-14(4-3-9-24-20)19(22-17)13-6-8-18(23-2)16(21)11-13/h5-8,10-11,14,19-20,22H,3-4,9H2,1-2H3/t14-,19+,20-/m0/s1. The Morgan fingerprint density at radius 2 is 2.08 bits per heavy atom. The molecule has 4 rings (SSSR count). The molecule has 1 saturated heterocycles. The van der Waals surface area contributed by atoms with E-state index in [2.05, 4.69) is 58.5 Å². The summed E-state index contributed by atoms with van der Waals surface area (Å²) in [5, 5.41) is 3.76. The van der Waals surface area contributed by atoms with Gasteiger partial charge in [0.25, 0.3) is 0 Å². The van der Waals surface area contributed by atoms with Gasteiger partial charge in [-0.1, -0.05) is 23.8 Å². The molecular formula is C20H22BrNO2. The third-order valence-corrected chi connectivity index (χ3v) is 5.78. The van der Waals surface area contributed by atoms with Crippen molar-refractivity contribution in [1.82, 2.24) is 0 Å². The lowest BCUT2D eigenvalue weighted by Crippen LogP contribution is -2.36. The van der Waals surface area contributed by atoms with E-state index in [0.717, 1.165) is 23.2 Å². The van der Waals surface area contributed by atoms with Crippen molar-refractivity contribution >= 4 is 21.6 Å². The number of hydrogen-bond acceptors (Lipinski definition) is 3. The molecule has 0 aliphatic carbocycles. The number of nitrogens with one attached hydrogen (secondary N) is 1. The van der Waals surface area contributed by atoms with Crippen molar-refractivity contribution < 1.29 is 9.47 Å². The molecule has 24 heavy (non-hydrogen) atoms. The number of ether oxygens (including phenoxy) is 2. The largest absolute Gasteiger partial charge is 0.496 e. The van der Waals surface area contributed by atoms with Crippen LogP contribution >= 0.6 is 15.9 Å². The summed E-state index contributed by atoms with van der Waals surface area (Å²) in [6, 6.07) is 13.2. The number of rotatable bonds is 2. The Balaban J connectivity index is 1.76. The Bertz CT molecular complexity index is 761. The number of hydrogen-bond donors (Lipinski definition) is 1. The van der Waals surface area contributed by atoms with Gasteiger partial charge >= 0.3 is 0 Å². The van der Waals surface area contributed by atoms with Gasteiger partial charge in [0.05, 0.1) is 23.7 Å². The Morgan fingerprint density at radius 3 is 2.88 bits per heavy atom. The average molecular weight is 388 g/mol. The fourth-order valence-corrected chi connectivity index (χ4v) is 4.55. The Labute approximate surface area is 151 Å². The minimum Gasteiger partial charge on any atom is -0.496 e. The first-order valence-corrected chi connectivity index (χ1v) is 9.29. The maximum absolute atomic E-state index is 6.21. The van der Waals surface area contributed by atoms with Crippen molar-refractivity contribution in [3.63, 3.8) is 0 Å². The number of halogens is 1. The zero-order chi connectivity index (χ0) is 16.7. The highest BCUT2D eigenvalue weighted by atomic mass is 79.9. The number of aryl methyl sites for hydroxylation is 1. The molecule has 2 aliphatic heterocycles.